The molecule has 22 heavy (non-hydrogen) atoms. The summed E-state index contributed by atoms with van der Waals surface area (Å²) in [5, 5.41) is 0. The first-order valence-electron chi connectivity index (χ1n) is 8.66. The average molecular weight is 333 g/mol. The fraction of sp³-hybridized carbons (Fsp3) is 1.00. The third-order valence-corrected chi connectivity index (χ3v) is 8.20. The van der Waals surface area contributed by atoms with Crippen LogP contribution in [0.15, 0.2) is 0 Å². The summed E-state index contributed by atoms with van der Waals surface area (Å²) in [5.74, 6) is 0. The molecule has 0 spiro atoms. The molecule has 5 nitrogen and oxygen atoms in total. The molecule has 0 radical (unpaired) electrons. The van der Waals surface area contributed by atoms with E-state index in [1.807, 2.05) is 7.11 Å². The lowest BCUT2D eigenvalue weighted by molar-refractivity contribution is 0.113. The minimum atomic E-state index is -1.52. The van der Waals surface area contributed by atoms with Crippen molar-refractivity contribution in [1.29, 1.82) is 0 Å². The van der Waals surface area contributed by atoms with Crippen molar-refractivity contribution in [3.8, 4) is 0 Å². The highest BCUT2D eigenvalue weighted by atomic mass is 28.4. The van der Waals surface area contributed by atoms with Crippen LogP contribution >= 0.6 is 0 Å². The highest BCUT2D eigenvalue weighted by molar-refractivity contribution is 6.72. The van der Waals surface area contributed by atoms with Gasteiger partial charge in [0.2, 0.25) is 0 Å². The van der Waals surface area contributed by atoms with Gasteiger partial charge < -0.3 is 23.4 Å². The quantitative estimate of drug-likeness (QED) is 0.262. The first-order chi connectivity index (χ1) is 10.7. The molecular formula is C16H32O5Si. The summed E-state index contributed by atoms with van der Waals surface area (Å²) in [5.41, 5.74) is 0. The first kappa shape index (κ1) is 18.4. The Morgan fingerprint density at radius 3 is 1.68 bits per heavy atom. The molecule has 0 N–H and O–H groups in total. The van der Waals surface area contributed by atoms with Gasteiger partial charge in [0, 0.05) is 20.3 Å². The Hall–Kier alpha value is 0.0169. The van der Waals surface area contributed by atoms with Crippen LogP contribution < -0.4 is 0 Å². The van der Waals surface area contributed by atoms with Crippen LogP contribution in [0.1, 0.15) is 25.7 Å². The van der Waals surface area contributed by atoms with Crippen LogP contribution in [-0.2, 0) is 23.4 Å². The summed E-state index contributed by atoms with van der Waals surface area (Å²) < 4.78 is 27.3. The predicted octanol–water partition coefficient (Wildman–Crippen LogP) is 2.60. The van der Waals surface area contributed by atoms with Crippen LogP contribution in [0, 0.1) is 0 Å². The van der Waals surface area contributed by atoms with Crippen molar-refractivity contribution in [2.45, 2.75) is 56.5 Å². The third kappa shape index (κ3) is 8.60. The molecule has 2 saturated heterocycles. The molecule has 6 heteroatoms. The zero-order valence-electron chi connectivity index (χ0n) is 14.2. The molecule has 2 heterocycles. The van der Waals surface area contributed by atoms with Gasteiger partial charge in [-0.25, -0.2) is 0 Å². The van der Waals surface area contributed by atoms with Gasteiger partial charge in [-0.3, -0.25) is 0 Å². The molecule has 2 atom stereocenters. The first-order valence-corrected chi connectivity index (χ1v) is 11.5. The van der Waals surface area contributed by atoms with Crippen LogP contribution in [0.25, 0.3) is 0 Å². The highest BCUT2D eigenvalue weighted by Gasteiger charge is 2.27. The summed E-state index contributed by atoms with van der Waals surface area (Å²) in [7, 11) is 0.360. The fourth-order valence-corrected chi connectivity index (χ4v) is 5.15. The lowest BCUT2D eigenvalue weighted by Gasteiger charge is -2.25. The molecular weight excluding hydrogens is 300 g/mol. The zero-order valence-corrected chi connectivity index (χ0v) is 15.2. The maximum absolute atomic E-state index is 5.86. The summed E-state index contributed by atoms with van der Waals surface area (Å²) >= 11 is 0. The lowest BCUT2D eigenvalue weighted by atomic mass is 10.3. The SMILES string of the molecule is CO[Si](C)(CCCCOCC1CO1)CCCCOCC1CO1. The van der Waals surface area contributed by atoms with E-state index in [-0.39, 0.29) is 0 Å². The molecule has 0 saturated carbocycles. The normalized spacial score (nSPS) is 25.9. The van der Waals surface area contributed by atoms with E-state index >= 15 is 0 Å². The molecule has 2 aliphatic heterocycles. The number of rotatable bonds is 15. The number of epoxide rings is 2. The molecule has 2 rings (SSSR count). The van der Waals surface area contributed by atoms with Crippen molar-refractivity contribution >= 4 is 8.32 Å². The van der Waals surface area contributed by atoms with Gasteiger partial charge in [0.1, 0.15) is 12.2 Å². The lowest BCUT2D eigenvalue weighted by Crippen LogP contribution is -2.32. The zero-order chi connectivity index (χ0) is 15.7. The van der Waals surface area contributed by atoms with E-state index in [4.69, 9.17) is 23.4 Å². The Balaban J connectivity index is 1.41. The van der Waals surface area contributed by atoms with E-state index in [9.17, 15) is 0 Å². The summed E-state index contributed by atoms with van der Waals surface area (Å²) in [4.78, 5) is 0. The van der Waals surface area contributed by atoms with Crippen LogP contribution in [0.2, 0.25) is 18.6 Å². The molecule has 0 aromatic heterocycles. The van der Waals surface area contributed by atoms with E-state index in [1.54, 1.807) is 0 Å². The van der Waals surface area contributed by atoms with Crippen molar-refractivity contribution in [3.63, 3.8) is 0 Å². The van der Waals surface area contributed by atoms with E-state index in [2.05, 4.69) is 6.55 Å². The summed E-state index contributed by atoms with van der Waals surface area (Å²) in [6.45, 7) is 7.36. The van der Waals surface area contributed by atoms with Gasteiger partial charge in [0.05, 0.1) is 26.4 Å². The number of hydrogen-bond donors (Lipinski definition) is 0. The van der Waals surface area contributed by atoms with Gasteiger partial charge in [-0.1, -0.05) is 12.8 Å². The minimum absolute atomic E-state index is 0.382. The minimum Gasteiger partial charge on any atom is -0.420 e. The van der Waals surface area contributed by atoms with E-state index in [1.165, 1.54) is 24.9 Å². The predicted molar refractivity (Wildman–Crippen MR) is 87.8 cm³/mol. The molecule has 2 aliphatic rings. The van der Waals surface area contributed by atoms with Crippen LogP contribution in [-0.4, -0.2) is 67.3 Å². The summed E-state index contributed by atoms with van der Waals surface area (Å²) in [6, 6.07) is 2.45. The molecule has 0 amide bonds. The topological polar surface area (TPSA) is 52.8 Å². The van der Waals surface area contributed by atoms with Crippen molar-refractivity contribution < 1.29 is 23.4 Å². The fourth-order valence-electron chi connectivity index (χ4n) is 2.49. The highest BCUT2D eigenvalue weighted by Crippen LogP contribution is 2.22. The van der Waals surface area contributed by atoms with Gasteiger partial charge in [0.25, 0.3) is 0 Å². The van der Waals surface area contributed by atoms with Gasteiger partial charge in [0.15, 0.2) is 8.32 Å². The Bertz CT molecular complexity index is 270. The second-order valence-electron chi connectivity index (χ2n) is 6.63. The molecule has 0 aromatic rings. The maximum atomic E-state index is 5.86. The number of unbranched alkanes of at least 4 members (excludes halogenated alkanes) is 2. The van der Waals surface area contributed by atoms with Crippen molar-refractivity contribution in [2.75, 3.05) is 46.8 Å². The summed E-state index contributed by atoms with van der Waals surface area (Å²) in [6.07, 6.45) is 5.43. The van der Waals surface area contributed by atoms with Crippen molar-refractivity contribution in [2.24, 2.45) is 0 Å². The average Bonchev–Trinajstić information content (AvgIpc) is 3.40. The second kappa shape index (κ2) is 10.0. The van der Waals surface area contributed by atoms with E-state index in [0.717, 1.165) is 52.5 Å². The Morgan fingerprint density at radius 2 is 1.32 bits per heavy atom. The van der Waals surface area contributed by atoms with Crippen molar-refractivity contribution in [3.05, 3.63) is 0 Å². The standard InChI is InChI=1S/C16H32O5Si/c1-17-22(2,9-5-3-7-18-11-15-13-20-15)10-6-4-8-19-12-16-14-21-16/h15-16H,3-14H2,1-2H3. The Morgan fingerprint density at radius 1 is 0.864 bits per heavy atom. The van der Waals surface area contributed by atoms with Gasteiger partial charge in [-0.05, 0) is 31.5 Å². The van der Waals surface area contributed by atoms with E-state index in [0.29, 0.717) is 12.2 Å². The number of ether oxygens (including phenoxy) is 4. The smallest absolute Gasteiger partial charge is 0.189 e. The molecule has 2 fully saturated rings. The van der Waals surface area contributed by atoms with Gasteiger partial charge in [-0.2, -0.15) is 0 Å². The molecule has 0 aromatic carbocycles. The molecule has 130 valence electrons. The molecule has 0 bridgehead atoms. The largest absolute Gasteiger partial charge is 0.420 e. The van der Waals surface area contributed by atoms with Crippen LogP contribution in [0.3, 0.4) is 0 Å². The van der Waals surface area contributed by atoms with Crippen LogP contribution in [0.4, 0.5) is 0 Å². The molecule has 0 aliphatic carbocycles. The van der Waals surface area contributed by atoms with Crippen molar-refractivity contribution in [1.82, 2.24) is 0 Å². The number of hydrogen-bond acceptors (Lipinski definition) is 5. The Kier molecular flexibility index (Phi) is 8.35. The maximum Gasteiger partial charge on any atom is 0.189 e. The molecule has 2 unspecified atom stereocenters. The third-order valence-electron chi connectivity index (χ3n) is 4.39. The van der Waals surface area contributed by atoms with E-state index < -0.39 is 8.32 Å². The Labute approximate surface area is 135 Å². The second-order valence-corrected chi connectivity index (χ2v) is 10.9. The monoisotopic (exact) mass is 332 g/mol. The van der Waals surface area contributed by atoms with Gasteiger partial charge in [-0.15, -0.1) is 0 Å². The van der Waals surface area contributed by atoms with Gasteiger partial charge >= 0.3 is 0 Å². The van der Waals surface area contributed by atoms with Crippen LogP contribution in [0.5, 0.6) is 0 Å².